The normalized spacial score (nSPS) is 12.8. The van der Waals surface area contributed by atoms with E-state index in [1.54, 1.807) is 20.9 Å². The molecule has 0 radical (unpaired) electrons. The van der Waals surface area contributed by atoms with Gasteiger partial charge >= 0.3 is 0 Å². The van der Waals surface area contributed by atoms with Crippen molar-refractivity contribution in [2.24, 2.45) is 16.3 Å². The molecule has 0 heterocycles. The number of carbonyl (C=O) groups excluding carboxylic acids is 1. The van der Waals surface area contributed by atoms with Gasteiger partial charge in [0, 0.05) is 13.6 Å². The van der Waals surface area contributed by atoms with Gasteiger partial charge in [-0.25, -0.2) is 0 Å². The van der Waals surface area contributed by atoms with Gasteiger partial charge < -0.3 is 15.8 Å². The summed E-state index contributed by atoms with van der Waals surface area (Å²) in [5.74, 6) is -0.233. The van der Waals surface area contributed by atoms with Crippen LogP contribution in [0.5, 0.6) is 0 Å². The van der Waals surface area contributed by atoms with Crippen molar-refractivity contribution in [1.82, 2.24) is 4.90 Å². The quantitative estimate of drug-likeness (QED) is 0.287. The van der Waals surface area contributed by atoms with Crippen LogP contribution in [0.2, 0.25) is 0 Å². The molecule has 0 unspecified atom stereocenters. The molecule has 5 heteroatoms. The molecule has 0 aromatic heterocycles. The summed E-state index contributed by atoms with van der Waals surface area (Å²) in [6.45, 7) is 5.70. The third kappa shape index (κ3) is 2.34. The predicted octanol–water partition coefficient (Wildman–Crippen LogP) is 0.237. The van der Waals surface area contributed by atoms with Gasteiger partial charge in [-0.05, 0) is 20.8 Å². The highest BCUT2D eigenvalue weighted by Crippen LogP contribution is 2.18. The minimum Gasteiger partial charge on any atom is -0.409 e. The van der Waals surface area contributed by atoms with Crippen LogP contribution in [0.1, 0.15) is 20.8 Å². The molecule has 0 aliphatic heterocycles. The predicted molar refractivity (Wildman–Crippen MR) is 50.5 cm³/mol. The van der Waals surface area contributed by atoms with Crippen LogP contribution in [-0.4, -0.2) is 35.4 Å². The molecule has 0 rings (SSSR count). The minimum absolute atomic E-state index is 0.0715. The van der Waals surface area contributed by atoms with Crippen molar-refractivity contribution in [2.45, 2.75) is 20.8 Å². The van der Waals surface area contributed by atoms with E-state index in [1.165, 1.54) is 4.90 Å². The average molecular weight is 187 g/mol. The van der Waals surface area contributed by atoms with Crippen LogP contribution in [0.15, 0.2) is 5.16 Å². The van der Waals surface area contributed by atoms with Crippen LogP contribution in [0, 0.1) is 5.41 Å². The van der Waals surface area contributed by atoms with Crippen LogP contribution in [0.3, 0.4) is 0 Å². The lowest BCUT2D eigenvalue weighted by atomic mass is 9.90. The van der Waals surface area contributed by atoms with Gasteiger partial charge in [0.15, 0.2) is 5.84 Å². The Morgan fingerprint density at radius 2 is 2.08 bits per heavy atom. The Bertz CT molecular complexity index is 223. The molecule has 13 heavy (non-hydrogen) atoms. The van der Waals surface area contributed by atoms with E-state index >= 15 is 0 Å². The van der Waals surface area contributed by atoms with Gasteiger partial charge in [0.2, 0.25) is 5.91 Å². The smallest absolute Gasteiger partial charge is 0.235 e. The highest BCUT2D eigenvalue weighted by atomic mass is 16.4. The number of oxime groups is 1. The topological polar surface area (TPSA) is 78.9 Å². The fraction of sp³-hybridized carbons (Fsp3) is 0.750. The number of rotatable bonds is 3. The lowest BCUT2D eigenvalue weighted by molar-refractivity contribution is -0.135. The van der Waals surface area contributed by atoms with Crippen LogP contribution < -0.4 is 5.73 Å². The van der Waals surface area contributed by atoms with E-state index in [1.807, 2.05) is 6.92 Å². The third-order valence-corrected chi connectivity index (χ3v) is 2.10. The second-order valence-corrected chi connectivity index (χ2v) is 3.43. The number of amides is 1. The van der Waals surface area contributed by atoms with E-state index in [4.69, 9.17) is 10.9 Å². The van der Waals surface area contributed by atoms with E-state index in [-0.39, 0.29) is 11.7 Å². The molecule has 3 N–H and O–H groups in total. The molecule has 0 saturated carbocycles. The van der Waals surface area contributed by atoms with Crippen LogP contribution in [0.4, 0.5) is 0 Å². The zero-order chi connectivity index (χ0) is 10.6. The van der Waals surface area contributed by atoms with Gasteiger partial charge in [-0.15, -0.1) is 0 Å². The summed E-state index contributed by atoms with van der Waals surface area (Å²) in [7, 11) is 1.68. The molecule has 0 spiro atoms. The largest absolute Gasteiger partial charge is 0.409 e. The van der Waals surface area contributed by atoms with E-state index in [9.17, 15) is 4.79 Å². The number of carbonyl (C=O) groups is 1. The Kier molecular flexibility index (Phi) is 3.71. The molecule has 0 fully saturated rings. The van der Waals surface area contributed by atoms with Crippen LogP contribution >= 0.6 is 0 Å². The maximum absolute atomic E-state index is 11.7. The first-order chi connectivity index (χ1) is 5.87. The molecular weight excluding hydrogens is 170 g/mol. The molecule has 0 aliphatic rings. The van der Waals surface area contributed by atoms with E-state index in [2.05, 4.69) is 5.16 Å². The van der Waals surface area contributed by atoms with Gasteiger partial charge in [0.25, 0.3) is 0 Å². The summed E-state index contributed by atoms with van der Waals surface area (Å²) in [6, 6.07) is 0. The molecule has 0 aliphatic carbocycles. The van der Waals surface area contributed by atoms with E-state index < -0.39 is 5.41 Å². The Balaban J connectivity index is 4.74. The summed E-state index contributed by atoms with van der Waals surface area (Å²) in [6.07, 6.45) is 0. The summed E-state index contributed by atoms with van der Waals surface area (Å²) in [5.41, 5.74) is 4.45. The lowest BCUT2D eigenvalue weighted by Crippen LogP contribution is -2.46. The molecule has 0 bridgehead atoms. The van der Waals surface area contributed by atoms with Crippen molar-refractivity contribution in [3.8, 4) is 0 Å². The average Bonchev–Trinajstić information content (AvgIpc) is 2.13. The number of amidine groups is 1. The minimum atomic E-state index is -0.945. The van der Waals surface area contributed by atoms with Gasteiger partial charge in [0.1, 0.15) is 5.41 Å². The molecule has 0 aromatic carbocycles. The second-order valence-electron chi connectivity index (χ2n) is 3.43. The first kappa shape index (κ1) is 11.7. The van der Waals surface area contributed by atoms with Crippen molar-refractivity contribution in [3.05, 3.63) is 0 Å². The monoisotopic (exact) mass is 187 g/mol. The molecular formula is C8H17N3O2. The molecule has 1 amide bonds. The van der Waals surface area contributed by atoms with Crippen molar-refractivity contribution in [3.63, 3.8) is 0 Å². The van der Waals surface area contributed by atoms with Crippen LogP contribution in [0.25, 0.3) is 0 Å². The van der Waals surface area contributed by atoms with Gasteiger partial charge in [-0.1, -0.05) is 5.16 Å². The Hall–Kier alpha value is -1.26. The number of hydrogen-bond acceptors (Lipinski definition) is 3. The molecule has 0 saturated heterocycles. The zero-order valence-corrected chi connectivity index (χ0v) is 8.53. The van der Waals surface area contributed by atoms with Crippen molar-refractivity contribution >= 4 is 11.7 Å². The first-order valence-electron chi connectivity index (χ1n) is 4.11. The number of nitrogens with two attached hydrogens (primary N) is 1. The van der Waals surface area contributed by atoms with Gasteiger partial charge in [0.05, 0.1) is 0 Å². The summed E-state index contributed by atoms with van der Waals surface area (Å²) >= 11 is 0. The van der Waals surface area contributed by atoms with Gasteiger partial charge in [-0.2, -0.15) is 0 Å². The number of nitrogens with zero attached hydrogens (tertiary/aromatic N) is 2. The maximum Gasteiger partial charge on any atom is 0.235 e. The maximum atomic E-state index is 11.7. The highest BCUT2D eigenvalue weighted by Gasteiger charge is 2.34. The summed E-state index contributed by atoms with van der Waals surface area (Å²) in [5, 5.41) is 11.3. The summed E-state index contributed by atoms with van der Waals surface area (Å²) < 4.78 is 0. The van der Waals surface area contributed by atoms with Crippen molar-refractivity contribution in [1.29, 1.82) is 0 Å². The SMILES string of the molecule is CCN(C)C(=O)C(C)(C)C(N)=NO. The second kappa shape index (κ2) is 4.11. The summed E-state index contributed by atoms with van der Waals surface area (Å²) in [4.78, 5) is 13.2. The molecule has 76 valence electrons. The third-order valence-electron chi connectivity index (χ3n) is 2.10. The van der Waals surface area contributed by atoms with Crippen molar-refractivity contribution < 1.29 is 10.0 Å². The van der Waals surface area contributed by atoms with E-state index in [0.29, 0.717) is 6.54 Å². The molecule has 0 atom stereocenters. The van der Waals surface area contributed by atoms with Gasteiger partial charge in [-0.3, -0.25) is 4.79 Å². The van der Waals surface area contributed by atoms with Crippen LogP contribution in [-0.2, 0) is 4.79 Å². The Labute approximate surface area is 78.2 Å². The number of hydrogen-bond donors (Lipinski definition) is 2. The molecule has 5 nitrogen and oxygen atoms in total. The fourth-order valence-corrected chi connectivity index (χ4v) is 0.855. The zero-order valence-electron chi connectivity index (χ0n) is 8.53. The highest BCUT2D eigenvalue weighted by molar-refractivity contribution is 6.05. The van der Waals surface area contributed by atoms with Crippen molar-refractivity contribution in [2.75, 3.05) is 13.6 Å². The standard InChI is InChI=1S/C8H17N3O2/c1-5-11(4)7(12)8(2,3)6(9)10-13/h13H,5H2,1-4H3,(H2,9,10). The molecule has 0 aromatic rings. The lowest BCUT2D eigenvalue weighted by Gasteiger charge is -2.27. The van der Waals surface area contributed by atoms with E-state index in [0.717, 1.165) is 0 Å². The Morgan fingerprint density at radius 3 is 2.38 bits per heavy atom. The first-order valence-corrected chi connectivity index (χ1v) is 4.11. The Morgan fingerprint density at radius 1 is 1.62 bits per heavy atom. The fourth-order valence-electron chi connectivity index (χ4n) is 0.855.